The van der Waals surface area contributed by atoms with Crippen LogP contribution in [0.3, 0.4) is 0 Å². The molecular formula is C16H24N4O. The molecule has 0 amide bonds. The highest BCUT2D eigenvalue weighted by molar-refractivity contribution is 5.16. The highest BCUT2D eigenvalue weighted by Crippen LogP contribution is 2.24. The van der Waals surface area contributed by atoms with Crippen molar-refractivity contribution in [3.05, 3.63) is 42.4 Å². The van der Waals surface area contributed by atoms with E-state index < -0.39 is 0 Å². The molecule has 2 aromatic rings. The van der Waals surface area contributed by atoms with Gasteiger partial charge in [-0.1, -0.05) is 0 Å². The van der Waals surface area contributed by atoms with Gasteiger partial charge in [-0.2, -0.15) is 0 Å². The van der Waals surface area contributed by atoms with Crippen molar-refractivity contribution in [2.45, 2.75) is 37.9 Å². The Hall–Kier alpha value is -1.59. The highest BCUT2D eigenvalue weighted by Gasteiger charge is 2.28. The van der Waals surface area contributed by atoms with Crippen molar-refractivity contribution < 1.29 is 4.42 Å². The van der Waals surface area contributed by atoms with E-state index in [2.05, 4.69) is 33.7 Å². The van der Waals surface area contributed by atoms with Crippen LogP contribution in [0.1, 0.15) is 37.4 Å². The summed E-state index contributed by atoms with van der Waals surface area (Å²) < 4.78 is 7.69. The van der Waals surface area contributed by atoms with Crippen molar-refractivity contribution in [1.82, 2.24) is 19.8 Å². The number of hydrogen-bond acceptors (Lipinski definition) is 4. The maximum atomic E-state index is 5.64. The number of furan rings is 1. The van der Waals surface area contributed by atoms with E-state index in [1.807, 2.05) is 31.6 Å². The van der Waals surface area contributed by atoms with Crippen molar-refractivity contribution in [3.8, 4) is 0 Å². The van der Waals surface area contributed by atoms with Gasteiger partial charge in [-0.25, -0.2) is 4.98 Å². The summed E-state index contributed by atoms with van der Waals surface area (Å²) in [5.41, 5.74) is 0. The monoisotopic (exact) mass is 288 g/mol. The SMILES string of the molecule is CC1CC(NC(c2ccco2)c2nccn2C)CCN1C. The number of aromatic nitrogens is 2. The number of hydrogen-bond donors (Lipinski definition) is 1. The standard InChI is InChI=1S/C16H24N4O/c1-12-11-13(6-8-19(12)2)18-15(14-5-4-10-21-14)16-17-7-9-20(16)3/h4-5,7,9-10,12-13,15,18H,6,8,11H2,1-3H3. The minimum Gasteiger partial charge on any atom is -0.467 e. The van der Waals surface area contributed by atoms with E-state index in [0.717, 1.165) is 31.0 Å². The summed E-state index contributed by atoms with van der Waals surface area (Å²) in [6.07, 6.45) is 7.85. The largest absolute Gasteiger partial charge is 0.467 e. The first kappa shape index (κ1) is 14.4. The Bertz CT molecular complexity index is 563. The average molecular weight is 288 g/mol. The number of likely N-dealkylation sites (tertiary alicyclic amines) is 1. The molecule has 21 heavy (non-hydrogen) atoms. The summed E-state index contributed by atoms with van der Waals surface area (Å²) in [4.78, 5) is 6.92. The van der Waals surface area contributed by atoms with Crippen LogP contribution in [0.4, 0.5) is 0 Å². The Balaban J connectivity index is 1.79. The summed E-state index contributed by atoms with van der Waals surface area (Å²) >= 11 is 0. The van der Waals surface area contributed by atoms with Gasteiger partial charge in [0.15, 0.2) is 0 Å². The van der Waals surface area contributed by atoms with E-state index in [1.165, 1.54) is 0 Å². The summed E-state index contributed by atoms with van der Waals surface area (Å²) in [6.45, 7) is 3.42. The van der Waals surface area contributed by atoms with Crippen LogP contribution in [0.2, 0.25) is 0 Å². The molecule has 1 aliphatic heterocycles. The zero-order chi connectivity index (χ0) is 14.8. The first-order valence-electron chi connectivity index (χ1n) is 7.62. The lowest BCUT2D eigenvalue weighted by atomic mass is 9.97. The lowest BCUT2D eigenvalue weighted by Crippen LogP contribution is -2.47. The van der Waals surface area contributed by atoms with Gasteiger partial charge in [0.25, 0.3) is 0 Å². The number of imidazole rings is 1. The number of rotatable bonds is 4. The topological polar surface area (TPSA) is 46.2 Å². The van der Waals surface area contributed by atoms with E-state index in [0.29, 0.717) is 12.1 Å². The molecule has 0 aliphatic carbocycles. The van der Waals surface area contributed by atoms with E-state index in [4.69, 9.17) is 4.42 Å². The van der Waals surface area contributed by atoms with E-state index >= 15 is 0 Å². The van der Waals surface area contributed by atoms with Crippen LogP contribution in [0, 0.1) is 0 Å². The molecule has 3 rings (SSSR count). The van der Waals surface area contributed by atoms with Crippen LogP contribution in [-0.2, 0) is 7.05 Å². The molecular weight excluding hydrogens is 264 g/mol. The third kappa shape index (κ3) is 3.04. The van der Waals surface area contributed by atoms with Crippen molar-refractivity contribution in [1.29, 1.82) is 0 Å². The third-order valence-corrected chi connectivity index (χ3v) is 4.56. The lowest BCUT2D eigenvalue weighted by Gasteiger charge is -2.36. The van der Waals surface area contributed by atoms with Crippen molar-refractivity contribution in [2.75, 3.05) is 13.6 Å². The van der Waals surface area contributed by atoms with Gasteiger partial charge < -0.3 is 13.9 Å². The van der Waals surface area contributed by atoms with Crippen LogP contribution in [0.15, 0.2) is 35.2 Å². The van der Waals surface area contributed by atoms with Gasteiger partial charge in [-0.15, -0.1) is 0 Å². The Kier molecular flexibility index (Phi) is 4.12. The fourth-order valence-corrected chi connectivity index (χ4v) is 3.07. The minimum absolute atomic E-state index is 0.0145. The molecule has 1 aliphatic rings. The van der Waals surface area contributed by atoms with Crippen LogP contribution in [-0.4, -0.2) is 40.1 Å². The van der Waals surface area contributed by atoms with Crippen LogP contribution in [0.25, 0.3) is 0 Å². The summed E-state index contributed by atoms with van der Waals surface area (Å²) in [5.74, 6) is 1.92. The van der Waals surface area contributed by atoms with Gasteiger partial charge in [-0.05, 0) is 45.5 Å². The molecule has 1 N–H and O–H groups in total. The Labute approximate surface area is 126 Å². The molecule has 2 aromatic heterocycles. The van der Waals surface area contributed by atoms with Gasteiger partial charge in [0.2, 0.25) is 0 Å². The molecule has 1 fully saturated rings. The van der Waals surface area contributed by atoms with Crippen LogP contribution in [0.5, 0.6) is 0 Å². The Morgan fingerprint density at radius 3 is 2.90 bits per heavy atom. The van der Waals surface area contributed by atoms with E-state index in [-0.39, 0.29) is 6.04 Å². The average Bonchev–Trinajstić information content (AvgIpc) is 3.12. The summed E-state index contributed by atoms with van der Waals surface area (Å²) in [6, 6.07) is 5.06. The first-order valence-corrected chi connectivity index (χ1v) is 7.62. The van der Waals surface area contributed by atoms with Crippen molar-refractivity contribution in [2.24, 2.45) is 7.05 Å². The van der Waals surface area contributed by atoms with Gasteiger partial charge >= 0.3 is 0 Å². The van der Waals surface area contributed by atoms with Crippen molar-refractivity contribution >= 4 is 0 Å². The van der Waals surface area contributed by atoms with Gasteiger partial charge in [0.1, 0.15) is 17.6 Å². The smallest absolute Gasteiger partial charge is 0.133 e. The molecule has 0 saturated carbocycles. The van der Waals surface area contributed by atoms with Gasteiger partial charge in [-0.3, -0.25) is 5.32 Å². The normalized spacial score (nSPS) is 25.1. The van der Waals surface area contributed by atoms with E-state index in [1.54, 1.807) is 6.26 Å². The molecule has 0 radical (unpaired) electrons. The summed E-state index contributed by atoms with van der Waals surface area (Å²) in [5, 5.41) is 3.75. The molecule has 5 heteroatoms. The molecule has 0 bridgehead atoms. The zero-order valence-corrected chi connectivity index (χ0v) is 13.0. The second-order valence-corrected chi connectivity index (χ2v) is 6.06. The van der Waals surface area contributed by atoms with Crippen molar-refractivity contribution in [3.63, 3.8) is 0 Å². The molecule has 3 atom stereocenters. The Morgan fingerprint density at radius 2 is 2.29 bits per heavy atom. The van der Waals surface area contributed by atoms with Gasteiger partial charge in [0, 0.05) is 31.5 Å². The Morgan fingerprint density at radius 1 is 1.43 bits per heavy atom. The number of piperidine rings is 1. The maximum Gasteiger partial charge on any atom is 0.133 e. The molecule has 3 heterocycles. The quantitative estimate of drug-likeness (QED) is 0.936. The lowest BCUT2D eigenvalue weighted by molar-refractivity contribution is 0.162. The molecule has 1 saturated heterocycles. The fraction of sp³-hybridized carbons (Fsp3) is 0.562. The van der Waals surface area contributed by atoms with Crippen LogP contribution < -0.4 is 5.32 Å². The second kappa shape index (κ2) is 6.03. The number of aryl methyl sites for hydroxylation is 1. The minimum atomic E-state index is 0.0145. The molecule has 3 unspecified atom stereocenters. The first-order chi connectivity index (χ1) is 10.1. The van der Waals surface area contributed by atoms with E-state index in [9.17, 15) is 0 Å². The maximum absolute atomic E-state index is 5.64. The predicted molar refractivity (Wildman–Crippen MR) is 82.0 cm³/mol. The van der Waals surface area contributed by atoms with Crippen LogP contribution >= 0.6 is 0 Å². The zero-order valence-electron chi connectivity index (χ0n) is 13.0. The molecule has 0 spiro atoms. The highest BCUT2D eigenvalue weighted by atomic mass is 16.3. The number of nitrogens with one attached hydrogen (secondary N) is 1. The fourth-order valence-electron chi connectivity index (χ4n) is 3.07. The van der Waals surface area contributed by atoms with Gasteiger partial charge in [0.05, 0.1) is 6.26 Å². The predicted octanol–water partition coefficient (Wildman–Crippen LogP) is 2.17. The number of nitrogens with zero attached hydrogens (tertiary/aromatic N) is 3. The third-order valence-electron chi connectivity index (χ3n) is 4.56. The molecule has 0 aromatic carbocycles. The second-order valence-electron chi connectivity index (χ2n) is 6.06. The molecule has 114 valence electrons. The molecule has 5 nitrogen and oxygen atoms in total. The summed E-state index contributed by atoms with van der Waals surface area (Å²) in [7, 11) is 4.22.